The van der Waals surface area contributed by atoms with Gasteiger partial charge in [0.2, 0.25) is 5.82 Å². The SMILES string of the molecule is Cc1cc(N2CCN(c3cccc(C)c3C)CC2)n2nc(-c3ccco3)nc2n1. The van der Waals surface area contributed by atoms with Crippen molar-refractivity contribution in [1.29, 1.82) is 0 Å². The third-order valence-corrected chi connectivity index (χ3v) is 5.68. The second-order valence-electron chi connectivity index (χ2n) is 7.57. The molecule has 0 spiro atoms. The monoisotopic (exact) mass is 388 g/mol. The van der Waals surface area contributed by atoms with Crippen molar-refractivity contribution in [2.45, 2.75) is 20.8 Å². The predicted octanol–water partition coefficient (Wildman–Crippen LogP) is 3.64. The van der Waals surface area contributed by atoms with Crippen molar-refractivity contribution in [3.8, 4) is 11.6 Å². The molecule has 0 atom stereocenters. The van der Waals surface area contributed by atoms with E-state index in [1.54, 1.807) is 6.26 Å². The number of anilines is 2. The topological polar surface area (TPSA) is 62.7 Å². The number of aryl methyl sites for hydroxylation is 2. The second kappa shape index (κ2) is 6.92. The Balaban J connectivity index is 1.44. The zero-order valence-corrected chi connectivity index (χ0v) is 17.0. The minimum absolute atomic E-state index is 0.559. The summed E-state index contributed by atoms with van der Waals surface area (Å²) in [4.78, 5) is 14.0. The van der Waals surface area contributed by atoms with Crippen LogP contribution in [0.4, 0.5) is 11.5 Å². The zero-order valence-electron chi connectivity index (χ0n) is 17.0. The lowest BCUT2D eigenvalue weighted by molar-refractivity contribution is 0.577. The molecule has 148 valence electrons. The molecule has 29 heavy (non-hydrogen) atoms. The van der Waals surface area contributed by atoms with Crippen LogP contribution < -0.4 is 9.80 Å². The number of aromatic nitrogens is 4. The summed E-state index contributed by atoms with van der Waals surface area (Å²) in [5.41, 5.74) is 4.97. The largest absolute Gasteiger partial charge is 0.461 e. The van der Waals surface area contributed by atoms with Crippen LogP contribution in [0.15, 0.2) is 47.1 Å². The highest BCUT2D eigenvalue weighted by Crippen LogP contribution is 2.26. The summed E-state index contributed by atoms with van der Waals surface area (Å²) in [6.45, 7) is 10.1. The number of benzene rings is 1. The Kier molecular flexibility index (Phi) is 4.23. The van der Waals surface area contributed by atoms with Crippen molar-refractivity contribution in [2.24, 2.45) is 0 Å². The van der Waals surface area contributed by atoms with Gasteiger partial charge < -0.3 is 14.2 Å². The highest BCUT2D eigenvalue weighted by molar-refractivity contribution is 5.58. The van der Waals surface area contributed by atoms with Crippen LogP contribution in [-0.2, 0) is 0 Å². The molecule has 7 nitrogen and oxygen atoms in total. The van der Waals surface area contributed by atoms with Crippen molar-refractivity contribution >= 4 is 17.3 Å². The average Bonchev–Trinajstić information content (AvgIpc) is 3.39. The predicted molar refractivity (Wildman–Crippen MR) is 114 cm³/mol. The third-order valence-electron chi connectivity index (χ3n) is 5.68. The molecule has 0 saturated carbocycles. The van der Waals surface area contributed by atoms with Gasteiger partial charge in [0, 0.05) is 43.6 Å². The molecule has 1 saturated heterocycles. The number of fused-ring (bicyclic) bond motifs is 1. The van der Waals surface area contributed by atoms with Crippen LogP contribution in [0, 0.1) is 20.8 Å². The van der Waals surface area contributed by atoms with Gasteiger partial charge in [-0.1, -0.05) is 12.1 Å². The molecular weight excluding hydrogens is 364 g/mol. The van der Waals surface area contributed by atoms with Crippen molar-refractivity contribution in [1.82, 2.24) is 19.6 Å². The van der Waals surface area contributed by atoms with E-state index in [2.05, 4.69) is 63.0 Å². The molecule has 1 aliphatic heterocycles. The van der Waals surface area contributed by atoms with Crippen LogP contribution in [-0.4, -0.2) is 45.8 Å². The number of furan rings is 1. The van der Waals surface area contributed by atoms with Gasteiger partial charge in [-0.05, 0) is 50.1 Å². The Morgan fingerprint density at radius 2 is 1.69 bits per heavy atom. The van der Waals surface area contributed by atoms with Crippen LogP contribution in [0.25, 0.3) is 17.4 Å². The summed E-state index contributed by atoms with van der Waals surface area (Å²) < 4.78 is 7.29. The molecular formula is C22H24N6O. The van der Waals surface area contributed by atoms with E-state index in [-0.39, 0.29) is 0 Å². The van der Waals surface area contributed by atoms with Gasteiger partial charge in [0.15, 0.2) is 5.76 Å². The number of hydrogen-bond donors (Lipinski definition) is 0. The first kappa shape index (κ1) is 17.7. The van der Waals surface area contributed by atoms with E-state index in [4.69, 9.17) is 4.42 Å². The number of rotatable bonds is 3. The molecule has 4 aromatic rings. The Morgan fingerprint density at radius 1 is 0.897 bits per heavy atom. The summed E-state index contributed by atoms with van der Waals surface area (Å²) in [5.74, 6) is 2.84. The van der Waals surface area contributed by atoms with Crippen molar-refractivity contribution in [2.75, 3.05) is 36.0 Å². The zero-order chi connectivity index (χ0) is 20.0. The standard InChI is InChI=1S/C22H24N6O/c1-15-6-4-7-18(17(15)3)26-9-11-27(12-10-26)20-14-16(2)23-22-24-21(25-28(20)22)19-8-5-13-29-19/h4-8,13-14H,9-12H2,1-3H3. The van der Waals surface area contributed by atoms with E-state index in [1.165, 1.54) is 16.8 Å². The Hall–Kier alpha value is -3.35. The van der Waals surface area contributed by atoms with E-state index >= 15 is 0 Å². The maximum Gasteiger partial charge on any atom is 0.254 e. The maximum absolute atomic E-state index is 5.46. The molecule has 4 heterocycles. The summed E-state index contributed by atoms with van der Waals surface area (Å²) >= 11 is 0. The minimum Gasteiger partial charge on any atom is -0.461 e. The highest BCUT2D eigenvalue weighted by atomic mass is 16.3. The molecule has 7 heteroatoms. The molecule has 0 amide bonds. The molecule has 0 radical (unpaired) electrons. The Morgan fingerprint density at radius 3 is 2.45 bits per heavy atom. The summed E-state index contributed by atoms with van der Waals surface area (Å²) in [7, 11) is 0. The van der Waals surface area contributed by atoms with Crippen LogP contribution in [0.5, 0.6) is 0 Å². The number of nitrogens with zero attached hydrogens (tertiary/aromatic N) is 6. The molecule has 1 fully saturated rings. The first-order valence-electron chi connectivity index (χ1n) is 9.94. The molecule has 3 aromatic heterocycles. The number of hydrogen-bond acceptors (Lipinski definition) is 6. The molecule has 5 rings (SSSR count). The van der Waals surface area contributed by atoms with Gasteiger partial charge in [-0.15, -0.1) is 5.10 Å². The first-order chi connectivity index (χ1) is 14.1. The third kappa shape index (κ3) is 3.12. The molecule has 0 aliphatic carbocycles. The van der Waals surface area contributed by atoms with Gasteiger partial charge in [0.25, 0.3) is 5.78 Å². The lowest BCUT2D eigenvalue weighted by atomic mass is 10.1. The normalized spacial score (nSPS) is 14.7. The molecule has 1 aliphatic rings. The van der Waals surface area contributed by atoms with Gasteiger partial charge in [0.1, 0.15) is 5.82 Å². The van der Waals surface area contributed by atoms with E-state index in [0.717, 1.165) is 37.7 Å². The fourth-order valence-electron chi connectivity index (χ4n) is 3.96. The van der Waals surface area contributed by atoms with Gasteiger partial charge in [0.05, 0.1) is 6.26 Å². The fourth-order valence-corrected chi connectivity index (χ4v) is 3.96. The van der Waals surface area contributed by atoms with Gasteiger partial charge in [-0.25, -0.2) is 4.98 Å². The summed E-state index contributed by atoms with van der Waals surface area (Å²) in [6, 6.07) is 12.3. The summed E-state index contributed by atoms with van der Waals surface area (Å²) in [6.07, 6.45) is 1.63. The smallest absolute Gasteiger partial charge is 0.254 e. The van der Waals surface area contributed by atoms with E-state index in [1.807, 2.05) is 23.6 Å². The van der Waals surface area contributed by atoms with Gasteiger partial charge in [-0.2, -0.15) is 9.50 Å². The van der Waals surface area contributed by atoms with Crippen LogP contribution in [0.2, 0.25) is 0 Å². The maximum atomic E-state index is 5.46. The molecule has 0 bridgehead atoms. The molecule has 0 N–H and O–H groups in total. The van der Waals surface area contributed by atoms with Gasteiger partial charge >= 0.3 is 0 Å². The van der Waals surface area contributed by atoms with Crippen LogP contribution in [0.1, 0.15) is 16.8 Å². The number of piperazine rings is 1. The average molecular weight is 388 g/mol. The van der Waals surface area contributed by atoms with Crippen LogP contribution in [0.3, 0.4) is 0 Å². The van der Waals surface area contributed by atoms with Crippen molar-refractivity contribution < 1.29 is 4.42 Å². The van der Waals surface area contributed by atoms with E-state index in [9.17, 15) is 0 Å². The Labute approximate surface area is 169 Å². The second-order valence-corrected chi connectivity index (χ2v) is 7.57. The minimum atomic E-state index is 0.559. The van der Waals surface area contributed by atoms with Crippen LogP contribution >= 0.6 is 0 Å². The highest BCUT2D eigenvalue weighted by Gasteiger charge is 2.22. The van der Waals surface area contributed by atoms with Crippen molar-refractivity contribution in [3.63, 3.8) is 0 Å². The van der Waals surface area contributed by atoms with E-state index < -0.39 is 0 Å². The quantitative estimate of drug-likeness (QED) is 0.534. The summed E-state index contributed by atoms with van der Waals surface area (Å²) in [5, 5.41) is 4.67. The molecule has 0 unspecified atom stereocenters. The van der Waals surface area contributed by atoms with Gasteiger partial charge in [-0.3, -0.25) is 0 Å². The van der Waals surface area contributed by atoms with E-state index in [0.29, 0.717) is 17.4 Å². The lowest BCUT2D eigenvalue weighted by Gasteiger charge is -2.38. The van der Waals surface area contributed by atoms with Crippen molar-refractivity contribution in [3.05, 3.63) is 59.5 Å². The fraction of sp³-hybridized carbons (Fsp3) is 0.318. The Bertz CT molecular complexity index is 1160. The first-order valence-corrected chi connectivity index (χ1v) is 9.94. The molecule has 1 aromatic carbocycles. The lowest BCUT2D eigenvalue weighted by Crippen LogP contribution is -2.47.